The molecule has 0 unspecified atom stereocenters. The molecule has 0 amide bonds. The van der Waals surface area contributed by atoms with E-state index in [0.29, 0.717) is 28.0 Å². The van der Waals surface area contributed by atoms with Crippen LogP contribution >= 0.6 is 11.6 Å². The van der Waals surface area contributed by atoms with Crippen molar-refractivity contribution in [2.75, 3.05) is 20.5 Å². The first-order valence-corrected chi connectivity index (χ1v) is 6.30. The van der Waals surface area contributed by atoms with Crippen LogP contribution in [0.2, 0.25) is 5.02 Å². The Morgan fingerprint density at radius 1 is 1.39 bits per heavy atom. The van der Waals surface area contributed by atoms with Gasteiger partial charge in [0.2, 0.25) is 0 Å². The van der Waals surface area contributed by atoms with E-state index in [1.54, 1.807) is 12.1 Å². The van der Waals surface area contributed by atoms with E-state index in [4.69, 9.17) is 30.9 Å². The van der Waals surface area contributed by atoms with Crippen LogP contribution in [0.15, 0.2) is 12.1 Å². The highest BCUT2D eigenvalue weighted by molar-refractivity contribution is 6.32. The summed E-state index contributed by atoms with van der Waals surface area (Å²) in [6, 6.07) is 3.35. The van der Waals surface area contributed by atoms with E-state index in [1.807, 2.05) is 0 Å². The number of halogens is 1. The first-order chi connectivity index (χ1) is 8.74. The minimum Gasteiger partial charge on any atom is -0.493 e. The summed E-state index contributed by atoms with van der Waals surface area (Å²) in [4.78, 5) is 0. The van der Waals surface area contributed by atoms with Crippen molar-refractivity contribution in [3.63, 3.8) is 0 Å². The van der Waals surface area contributed by atoms with Gasteiger partial charge < -0.3 is 19.3 Å². The quantitative estimate of drug-likeness (QED) is 0.612. The topological polar surface area (TPSA) is 47.9 Å². The molecular weight excluding hydrogens is 256 g/mol. The predicted molar refractivity (Wildman–Crippen MR) is 68.1 cm³/mol. The zero-order chi connectivity index (χ0) is 13.0. The maximum absolute atomic E-state index is 9.08. The van der Waals surface area contributed by atoms with Gasteiger partial charge in [-0.25, -0.2) is 0 Å². The molecule has 1 aliphatic rings. The van der Waals surface area contributed by atoms with Gasteiger partial charge in [-0.3, -0.25) is 0 Å². The van der Waals surface area contributed by atoms with Gasteiger partial charge in [0.1, 0.15) is 0 Å². The highest BCUT2D eigenvalue weighted by atomic mass is 35.5. The number of ether oxygens (including phenoxy) is 3. The molecule has 1 aromatic carbocycles. The predicted octanol–water partition coefficient (Wildman–Crippen LogP) is 2.60. The molecule has 1 saturated carbocycles. The van der Waals surface area contributed by atoms with E-state index < -0.39 is 0 Å². The maximum atomic E-state index is 9.08. The Hall–Kier alpha value is -0.970. The second-order valence-corrected chi connectivity index (χ2v) is 4.75. The van der Waals surface area contributed by atoms with Crippen molar-refractivity contribution in [3.8, 4) is 11.5 Å². The molecule has 0 radical (unpaired) electrons. The lowest BCUT2D eigenvalue weighted by Gasteiger charge is -2.13. The first-order valence-electron chi connectivity index (χ1n) is 5.92. The summed E-state index contributed by atoms with van der Waals surface area (Å²) in [5, 5.41) is 9.49. The molecule has 0 aliphatic heterocycles. The Morgan fingerprint density at radius 3 is 2.78 bits per heavy atom. The highest BCUT2D eigenvalue weighted by Crippen LogP contribution is 2.36. The second kappa shape index (κ2) is 6.27. The van der Waals surface area contributed by atoms with Gasteiger partial charge >= 0.3 is 0 Å². The van der Waals surface area contributed by atoms with Crippen LogP contribution in [-0.4, -0.2) is 25.6 Å². The minimum absolute atomic E-state index is 0.0887. The Morgan fingerprint density at radius 2 is 2.17 bits per heavy atom. The Bertz CT molecular complexity index is 404. The van der Waals surface area contributed by atoms with Crippen LogP contribution in [0.4, 0.5) is 0 Å². The molecule has 4 nitrogen and oxygen atoms in total. The number of aliphatic hydroxyl groups is 1. The summed E-state index contributed by atoms with van der Waals surface area (Å²) in [5.41, 5.74) is 0.683. The number of hydrogen-bond acceptors (Lipinski definition) is 4. The molecule has 0 heterocycles. The molecule has 0 saturated heterocycles. The minimum atomic E-state index is -0.0887. The molecule has 0 spiro atoms. The molecule has 18 heavy (non-hydrogen) atoms. The molecule has 1 aliphatic carbocycles. The maximum Gasteiger partial charge on any atom is 0.189 e. The van der Waals surface area contributed by atoms with E-state index in [1.165, 1.54) is 20.0 Å². The van der Waals surface area contributed by atoms with Crippen LogP contribution in [0.25, 0.3) is 0 Å². The van der Waals surface area contributed by atoms with Crippen molar-refractivity contribution in [1.82, 2.24) is 0 Å². The van der Waals surface area contributed by atoms with Crippen LogP contribution < -0.4 is 9.47 Å². The van der Waals surface area contributed by atoms with Gasteiger partial charge in [-0.15, -0.1) is 0 Å². The fraction of sp³-hybridized carbons (Fsp3) is 0.538. The highest BCUT2D eigenvalue weighted by Gasteiger charge is 2.21. The first kappa shape index (κ1) is 13.5. The van der Waals surface area contributed by atoms with Crippen molar-refractivity contribution in [2.24, 2.45) is 5.92 Å². The van der Waals surface area contributed by atoms with Crippen molar-refractivity contribution in [1.29, 1.82) is 0 Å². The molecule has 1 fully saturated rings. The average molecular weight is 273 g/mol. The van der Waals surface area contributed by atoms with Gasteiger partial charge in [-0.05, 0) is 36.5 Å². The van der Waals surface area contributed by atoms with E-state index >= 15 is 0 Å². The molecule has 0 bridgehead atoms. The summed E-state index contributed by atoms with van der Waals surface area (Å²) in [6.07, 6.45) is 2.49. The van der Waals surface area contributed by atoms with Crippen molar-refractivity contribution in [2.45, 2.75) is 19.4 Å². The third-order valence-corrected chi connectivity index (χ3v) is 3.09. The molecule has 2 rings (SSSR count). The zero-order valence-corrected chi connectivity index (χ0v) is 11.1. The Labute approximate surface area is 111 Å². The SMILES string of the molecule is COc1cc(CO)cc(Cl)c1OCOCC1CC1. The summed E-state index contributed by atoms with van der Waals surface area (Å²) in [5.74, 6) is 1.65. The summed E-state index contributed by atoms with van der Waals surface area (Å²) >= 11 is 6.07. The number of methoxy groups -OCH3 is 1. The smallest absolute Gasteiger partial charge is 0.189 e. The van der Waals surface area contributed by atoms with Crippen LogP contribution in [0.1, 0.15) is 18.4 Å². The monoisotopic (exact) mass is 272 g/mol. The molecular formula is C13H17ClO4. The fourth-order valence-corrected chi connectivity index (χ4v) is 1.89. The summed E-state index contributed by atoms with van der Waals surface area (Å²) in [7, 11) is 1.53. The van der Waals surface area contributed by atoms with Gasteiger partial charge in [0, 0.05) is 0 Å². The van der Waals surface area contributed by atoms with Gasteiger partial charge in [0.05, 0.1) is 25.3 Å². The Balaban J connectivity index is 1.96. The summed E-state index contributed by atoms with van der Waals surface area (Å²) in [6.45, 7) is 0.800. The lowest BCUT2D eigenvalue weighted by atomic mass is 10.2. The number of aliphatic hydroxyl groups excluding tert-OH is 1. The van der Waals surface area contributed by atoms with Crippen LogP contribution in [0.3, 0.4) is 0 Å². The lowest BCUT2D eigenvalue weighted by molar-refractivity contribution is 0.00869. The fourth-order valence-electron chi connectivity index (χ4n) is 1.60. The molecule has 1 N–H and O–H groups in total. The van der Waals surface area contributed by atoms with Crippen molar-refractivity contribution >= 4 is 11.6 Å². The van der Waals surface area contributed by atoms with E-state index in [2.05, 4.69) is 0 Å². The largest absolute Gasteiger partial charge is 0.493 e. The van der Waals surface area contributed by atoms with Crippen LogP contribution in [-0.2, 0) is 11.3 Å². The van der Waals surface area contributed by atoms with E-state index in [0.717, 1.165) is 6.61 Å². The Kier molecular flexibility index (Phi) is 4.69. The van der Waals surface area contributed by atoms with E-state index in [9.17, 15) is 0 Å². The van der Waals surface area contributed by atoms with E-state index in [-0.39, 0.29) is 13.4 Å². The number of rotatable bonds is 7. The molecule has 1 aromatic rings. The standard InChI is InChI=1S/C13H17ClO4/c1-16-12-5-10(6-15)4-11(14)13(12)18-8-17-7-9-2-3-9/h4-5,9,15H,2-3,6-8H2,1H3. The third-order valence-electron chi connectivity index (χ3n) is 2.81. The molecule has 5 heteroatoms. The van der Waals surface area contributed by atoms with Crippen molar-refractivity contribution in [3.05, 3.63) is 22.7 Å². The van der Waals surface area contributed by atoms with Crippen LogP contribution in [0, 0.1) is 5.92 Å². The van der Waals surface area contributed by atoms with Gasteiger partial charge in [0.15, 0.2) is 18.3 Å². The number of hydrogen-bond donors (Lipinski definition) is 1. The zero-order valence-electron chi connectivity index (χ0n) is 10.3. The molecule has 100 valence electrons. The van der Waals surface area contributed by atoms with Crippen LogP contribution in [0.5, 0.6) is 11.5 Å². The van der Waals surface area contributed by atoms with Crippen molar-refractivity contribution < 1.29 is 19.3 Å². The third kappa shape index (κ3) is 3.51. The van der Waals surface area contributed by atoms with Gasteiger partial charge in [-0.2, -0.15) is 0 Å². The normalized spacial score (nSPS) is 14.6. The molecule has 0 atom stereocenters. The van der Waals surface area contributed by atoms with Gasteiger partial charge in [0.25, 0.3) is 0 Å². The number of benzene rings is 1. The second-order valence-electron chi connectivity index (χ2n) is 4.34. The lowest BCUT2D eigenvalue weighted by Crippen LogP contribution is -2.06. The average Bonchev–Trinajstić information content (AvgIpc) is 3.19. The molecule has 0 aromatic heterocycles. The van der Waals surface area contributed by atoms with Gasteiger partial charge in [-0.1, -0.05) is 11.6 Å². The summed E-state index contributed by atoms with van der Waals surface area (Å²) < 4.78 is 16.0.